The molecule has 1 aliphatic heterocycles. The van der Waals surface area contributed by atoms with E-state index >= 15 is 0 Å². The van der Waals surface area contributed by atoms with Crippen molar-refractivity contribution in [2.45, 2.75) is 30.9 Å². The minimum atomic E-state index is -3.14. The van der Waals surface area contributed by atoms with Crippen LogP contribution in [0.2, 0.25) is 0 Å². The normalized spacial score (nSPS) is 15.2. The molecule has 0 spiro atoms. The van der Waals surface area contributed by atoms with Gasteiger partial charge in [-0.3, -0.25) is 4.98 Å². The Morgan fingerprint density at radius 1 is 1.03 bits per heavy atom. The second-order valence-corrected chi connectivity index (χ2v) is 11.6. The molecule has 192 valence electrons. The zero-order valence-electron chi connectivity index (χ0n) is 20.0. The predicted molar refractivity (Wildman–Crippen MR) is 145 cm³/mol. The van der Waals surface area contributed by atoms with Gasteiger partial charge in [0.1, 0.15) is 5.75 Å². The van der Waals surface area contributed by atoms with Gasteiger partial charge in [-0.05, 0) is 68.6 Å². The van der Waals surface area contributed by atoms with Gasteiger partial charge in [0.2, 0.25) is 0 Å². The highest BCUT2D eigenvalue weighted by Crippen LogP contribution is 2.23. The summed E-state index contributed by atoms with van der Waals surface area (Å²) in [5, 5.41) is 0.588. The first-order chi connectivity index (χ1) is 17.0. The summed E-state index contributed by atoms with van der Waals surface area (Å²) < 4.78 is 31.6. The van der Waals surface area contributed by atoms with E-state index in [0.717, 1.165) is 37.0 Å². The zero-order valence-corrected chi connectivity index (χ0v) is 21.6. The molecule has 0 unspecified atom stereocenters. The highest BCUT2D eigenvalue weighted by atomic mass is 35.5. The second-order valence-electron chi connectivity index (χ2n) is 9.16. The minimum absolute atomic E-state index is 0. The van der Waals surface area contributed by atoms with Crippen LogP contribution in [-0.2, 0) is 16.3 Å². The minimum Gasteiger partial charge on any atom is -0.494 e. The second kappa shape index (κ2) is 11.5. The first-order valence-corrected chi connectivity index (χ1v) is 13.8. The van der Waals surface area contributed by atoms with Crippen LogP contribution in [0, 0.1) is 0 Å². The number of fused-ring (bicyclic) bond motifs is 2. The SMILES string of the molecule is Cl.O=c1[nH]c2cc3cc(OCCCS(=O)(=O)C4CCN(CCc5ccccc5)CC4)ccc3nc2[nH]1. The first-order valence-electron chi connectivity index (χ1n) is 12.1. The lowest BCUT2D eigenvalue weighted by Crippen LogP contribution is -2.40. The maximum Gasteiger partial charge on any atom is 0.325 e. The Labute approximate surface area is 216 Å². The molecule has 2 aromatic carbocycles. The predicted octanol–water partition coefficient (Wildman–Crippen LogP) is 3.72. The Hall–Kier alpha value is -2.88. The highest BCUT2D eigenvalue weighted by Gasteiger charge is 2.29. The molecule has 36 heavy (non-hydrogen) atoms. The van der Waals surface area contributed by atoms with Gasteiger partial charge >= 0.3 is 5.69 Å². The van der Waals surface area contributed by atoms with Gasteiger partial charge in [0.05, 0.1) is 28.6 Å². The molecular formula is C26H31ClN4O4S. The van der Waals surface area contributed by atoms with E-state index in [1.165, 1.54) is 5.56 Å². The Morgan fingerprint density at radius 2 is 1.81 bits per heavy atom. The molecule has 0 amide bonds. The maximum absolute atomic E-state index is 12.9. The van der Waals surface area contributed by atoms with Gasteiger partial charge in [0.25, 0.3) is 0 Å². The largest absolute Gasteiger partial charge is 0.494 e. The molecule has 1 saturated heterocycles. The Balaban J connectivity index is 0.00000304. The zero-order chi connectivity index (χ0) is 24.3. The molecular weight excluding hydrogens is 500 g/mol. The number of nitrogens with zero attached hydrogens (tertiary/aromatic N) is 2. The Bertz CT molecular complexity index is 1460. The smallest absolute Gasteiger partial charge is 0.325 e. The van der Waals surface area contributed by atoms with Gasteiger partial charge in [-0.2, -0.15) is 0 Å². The standard InChI is InChI=1S/C26H30N4O4S.ClH/c31-26-28-24-18-20-17-21(7-8-23(20)27-25(24)29-26)34-15-4-16-35(32,33)22-10-13-30(14-11-22)12-9-19-5-2-1-3-6-19;/h1-3,5-8,17-18,22H,4,9-16H2,(H2,27,28,29,31);1H. The van der Waals surface area contributed by atoms with Gasteiger partial charge in [-0.25, -0.2) is 18.2 Å². The van der Waals surface area contributed by atoms with Crippen LogP contribution in [0.5, 0.6) is 5.75 Å². The molecule has 0 saturated carbocycles. The van der Waals surface area contributed by atoms with Crippen molar-refractivity contribution >= 4 is 44.3 Å². The molecule has 5 rings (SSSR count). The number of hydrogen-bond donors (Lipinski definition) is 2. The van der Waals surface area contributed by atoms with E-state index in [4.69, 9.17) is 4.74 Å². The fourth-order valence-electron chi connectivity index (χ4n) is 4.74. The molecule has 2 aromatic heterocycles. The number of rotatable bonds is 9. The molecule has 0 aliphatic carbocycles. The number of likely N-dealkylation sites (tertiary alicyclic amines) is 1. The van der Waals surface area contributed by atoms with Crippen molar-refractivity contribution in [2.75, 3.05) is 32.0 Å². The summed E-state index contributed by atoms with van der Waals surface area (Å²) in [5.74, 6) is 0.794. The van der Waals surface area contributed by atoms with Gasteiger partial charge in [0.15, 0.2) is 15.5 Å². The van der Waals surface area contributed by atoms with E-state index in [1.54, 1.807) is 0 Å². The summed E-state index contributed by atoms with van der Waals surface area (Å²) in [7, 11) is -3.14. The average Bonchev–Trinajstić information content (AvgIpc) is 3.23. The molecule has 1 aliphatic rings. The molecule has 8 nitrogen and oxygen atoms in total. The third kappa shape index (κ3) is 6.27. The van der Waals surface area contributed by atoms with Crippen molar-refractivity contribution in [2.24, 2.45) is 0 Å². The third-order valence-electron chi connectivity index (χ3n) is 6.71. The van der Waals surface area contributed by atoms with E-state index in [0.29, 0.717) is 42.8 Å². The molecule has 3 heterocycles. The van der Waals surface area contributed by atoms with E-state index in [1.807, 2.05) is 30.3 Å². The number of aromatic nitrogens is 3. The summed E-state index contributed by atoms with van der Waals surface area (Å²) in [6.07, 6.45) is 2.85. The first kappa shape index (κ1) is 26.2. The molecule has 0 bridgehead atoms. The quantitative estimate of drug-likeness (QED) is 0.319. The number of aromatic amines is 2. The number of piperidine rings is 1. The molecule has 0 radical (unpaired) electrons. The van der Waals surface area contributed by atoms with Crippen molar-refractivity contribution in [3.05, 3.63) is 70.6 Å². The summed E-state index contributed by atoms with van der Waals surface area (Å²) in [6.45, 7) is 2.96. The van der Waals surface area contributed by atoms with Crippen LogP contribution < -0.4 is 10.4 Å². The van der Waals surface area contributed by atoms with Crippen LogP contribution in [0.25, 0.3) is 22.1 Å². The number of halogens is 1. The number of nitrogens with one attached hydrogen (secondary N) is 2. The fourth-order valence-corrected chi connectivity index (χ4v) is 6.52. The molecule has 0 atom stereocenters. The molecule has 1 fully saturated rings. The number of benzene rings is 2. The molecule has 4 aromatic rings. The van der Waals surface area contributed by atoms with Gasteiger partial charge in [-0.15, -0.1) is 12.4 Å². The lowest BCUT2D eigenvalue weighted by atomic mass is 10.1. The van der Waals surface area contributed by atoms with Crippen LogP contribution in [0.15, 0.2) is 59.4 Å². The number of pyridine rings is 1. The lowest BCUT2D eigenvalue weighted by Gasteiger charge is -2.31. The van der Waals surface area contributed by atoms with Gasteiger partial charge < -0.3 is 14.6 Å². The molecule has 2 N–H and O–H groups in total. The average molecular weight is 531 g/mol. The number of sulfone groups is 1. The van der Waals surface area contributed by atoms with Crippen LogP contribution in [-0.4, -0.2) is 65.5 Å². The summed E-state index contributed by atoms with van der Waals surface area (Å²) in [6, 6.07) is 17.7. The van der Waals surface area contributed by atoms with Crippen molar-refractivity contribution < 1.29 is 13.2 Å². The third-order valence-corrected chi connectivity index (χ3v) is 9.06. The van der Waals surface area contributed by atoms with Crippen LogP contribution in [0.1, 0.15) is 24.8 Å². The maximum atomic E-state index is 12.9. The number of H-pyrrole nitrogens is 2. The summed E-state index contributed by atoms with van der Waals surface area (Å²) in [5.41, 5.74) is 2.93. The van der Waals surface area contributed by atoms with E-state index < -0.39 is 9.84 Å². The van der Waals surface area contributed by atoms with Crippen molar-refractivity contribution in [1.82, 2.24) is 19.9 Å². The Kier molecular flexibility index (Phi) is 8.33. The van der Waals surface area contributed by atoms with Crippen molar-refractivity contribution in [1.29, 1.82) is 0 Å². The van der Waals surface area contributed by atoms with E-state index in [-0.39, 0.29) is 29.1 Å². The monoisotopic (exact) mass is 530 g/mol. The van der Waals surface area contributed by atoms with Crippen LogP contribution >= 0.6 is 12.4 Å². The van der Waals surface area contributed by atoms with Gasteiger partial charge in [0, 0.05) is 11.9 Å². The van der Waals surface area contributed by atoms with Gasteiger partial charge in [-0.1, -0.05) is 30.3 Å². The number of hydrogen-bond acceptors (Lipinski definition) is 6. The van der Waals surface area contributed by atoms with E-state index in [9.17, 15) is 13.2 Å². The fraction of sp³-hybridized carbons (Fsp3) is 0.385. The Morgan fingerprint density at radius 3 is 2.58 bits per heavy atom. The summed E-state index contributed by atoms with van der Waals surface area (Å²) in [4.78, 5) is 23.6. The van der Waals surface area contributed by atoms with Crippen LogP contribution in [0.4, 0.5) is 0 Å². The van der Waals surface area contributed by atoms with Crippen LogP contribution in [0.3, 0.4) is 0 Å². The van der Waals surface area contributed by atoms with Crippen molar-refractivity contribution in [3.63, 3.8) is 0 Å². The topological polar surface area (TPSA) is 108 Å². The highest BCUT2D eigenvalue weighted by molar-refractivity contribution is 7.92. The lowest BCUT2D eigenvalue weighted by molar-refractivity contribution is 0.232. The van der Waals surface area contributed by atoms with E-state index in [2.05, 4.69) is 44.1 Å². The number of imidazole rings is 1. The molecule has 10 heteroatoms. The van der Waals surface area contributed by atoms with Crippen molar-refractivity contribution in [3.8, 4) is 5.75 Å². The summed E-state index contributed by atoms with van der Waals surface area (Å²) >= 11 is 0. The number of ether oxygens (including phenoxy) is 1.